The topological polar surface area (TPSA) is 165 Å². The summed E-state index contributed by atoms with van der Waals surface area (Å²) in [5.41, 5.74) is -0.497. The van der Waals surface area contributed by atoms with Crippen molar-refractivity contribution >= 4 is 29.6 Å². The second kappa shape index (κ2) is 10.5. The third-order valence-electron chi connectivity index (χ3n) is 6.78. The Morgan fingerprint density at radius 3 is 2.29 bits per heavy atom. The number of aromatic carboxylic acids is 1. The first-order valence-corrected chi connectivity index (χ1v) is 12.3. The second-order valence-electron chi connectivity index (χ2n) is 10.1. The van der Waals surface area contributed by atoms with E-state index in [1.807, 2.05) is 13.8 Å². The molecule has 2 fully saturated rings. The molecule has 3 unspecified atom stereocenters. The molecule has 2 heterocycles. The van der Waals surface area contributed by atoms with Crippen LogP contribution in [-0.4, -0.2) is 75.4 Å². The number of phenolic OH excluding ortho intramolecular Hbond substituents is 1. The zero-order valence-electron chi connectivity index (χ0n) is 21.1. The van der Waals surface area contributed by atoms with Crippen LogP contribution in [0.3, 0.4) is 0 Å². The number of carbonyl (C=O) groups excluding carboxylic acids is 4. The maximum absolute atomic E-state index is 13.4. The molecule has 38 heavy (non-hydrogen) atoms. The minimum atomic E-state index is -1.49. The number of hydrogen-bond acceptors (Lipinski definition) is 6. The van der Waals surface area contributed by atoms with E-state index in [4.69, 9.17) is 5.11 Å². The summed E-state index contributed by atoms with van der Waals surface area (Å²) < 4.78 is 0. The van der Waals surface area contributed by atoms with Gasteiger partial charge in [0.15, 0.2) is 0 Å². The van der Waals surface area contributed by atoms with E-state index in [9.17, 15) is 29.1 Å². The van der Waals surface area contributed by atoms with Crippen molar-refractivity contribution < 1.29 is 34.2 Å². The number of carboxylic acid groups (broad SMARTS) is 1. The van der Waals surface area contributed by atoms with Crippen LogP contribution >= 0.6 is 0 Å². The monoisotopic (exact) mass is 522 g/mol. The number of piperazine rings is 1. The van der Waals surface area contributed by atoms with Gasteiger partial charge in [-0.15, -0.1) is 0 Å². The molecule has 2 aromatic rings. The molecule has 0 aliphatic carbocycles. The zero-order valence-corrected chi connectivity index (χ0v) is 21.1. The van der Waals surface area contributed by atoms with Gasteiger partial charge < -0.3 is 31.1 Å². The van der Waals surface area contributed by atoms with Crippen LogP contribution in [-0.2, 0) is 20.8 Å². The first-order valence-electron chi connectivity index (χ1n) is 12.3. The highest BCUT2D eigenvalue weighted by Crippen LogP contribution is 2.32. The van der Waals surface area contributed by atoms with E-state index in [-0.39, 0.29) is 42.2 Å². The van der Waals surface area contributed by atoms with Gasteiger partial charge in [-0.1, -0.05) is 26.0 Å². The Morgan fingerprint density at radius 1 is 1.05 bits per heavy atom. The fraction of sp³-hybridized carbons (Fsp3) is 0.370. The number of hydrogen-bond donors (Lipinski definition) is 5. The molecule has 0 radical (unpaired) electrons. The van der Waals surface area contributed by atoms with E-state index >= 15 is 0 Å². The van der Waals surface area contributed by atoms with Gasteiger partial charge in [0.25, 0.3) is 5.91 Å². The highest BCUT2D eigenvalue weighted by molar-refractivity contribution is 6.04. The van der Waals surface area contributed by atoms with E-state index in [1.165, 1.54) is 41.3 Å². The first-order chi connectivity index (χ1) is 18.0. The molecule has 2 aromatic carbocycles. The predicted molar refractivity (Wildman–Crippen MR) is 135 cm³/mol. The number of benzene rings is 2. The van der Waals surface area contributed by atoms with Crippen molar-refractivity contribution in [2.75, 3.05) is 13.1 Å². The lowest BCUT2D eigenvalue weighted by atomic mass is 9.89. The maximum Gasteiger partial charge on any atom is 0.335 e. The molecule has 0 saturated carbocycles. The van der Waals surface area contributed by atoms with Gasteiger partial charge in [-0.05, 0) is 47.9 Å². The number of nitrogens with zero attached hydrogens (tertiary/aromatic N) is 1. The van der Waals surface area contributed by atoms with E-state index in [1.54, 1.807) is 12.1 Å². The summed E-state index contributed by atoms with van der Waals surface area (Å²) in [6.45, 7) is 4.04. The van der Waals surface area contributed by atoms with Crippen molar-refractivity contribution in [2.45, 2.75) is 44.3 Å². The van der Waals surface area contributed by atoms with Gasteiger partial charge in [-0.3, -0.25) is 19.2 Å². The van der Waals surface area contributed by atoms with Gasteiger partial charge in [-0.2, -0.15) is 0 Å². The van der Waals surface area contributed by atoms with Gasteiger partial charge in [-0.25, -0.2) is 4.79 Å². The Balaban J connectivity index is 1.54. The average molecular weight is 523 g/mol. The minimum absolute atomic E-state index is 0.0202. The third-order valence-corrected chi connectivity index (χ3v) is 6.78. The largest absolute Gasteiger partial charge is 0.508 e. The van der Waals surface area contributed by atoms with Gasteiger partial charge in [0, 0.05) is 24.9 Å². The van der Waals surface area contributed by atoms with E-state index in [0.29, 0.717) is 12.1 Å². The van der Waals surface area contributed by atoms with Crippen LogP contribution in [0.5, 0.6) is 5.75 Å². The molecule has 0 aromatic heterocycles. The summed E-state index contributed by atoms with van der Waals surface area (Å²) in [6, 6.07) is 9.67. The van der Waals surface area contributed by atoms with Gasteiger partial charge in [0.2, 0.25) is 17.7 Å². The van der Waals surface area contributed by atoms with Gasteiger partial charge in [0.1, 0.15) is 23.4 Å². The fourth-order valence-electron chi connectivity index (χ4n) is 4.71. The van der Waals surface area contributed by atoms with Crippen molar-refractivity contribution in [3.05, 3.63) is 65.2 Å². The van der Waals surface area contributed by atoms with E-state index in [2.05, 4.69) is 16.0 Å². The fourth-order valence-corrected chi connectivity index (χ4v) is 4.71. The molecule has 4 amide bonds. The van der Waals surface area contributed by atoms with Gasteiger partial charge >= 0.3 is 5.97 Å². The molecular weight excluding hydrogens is 492 g/mol. The molecule has 5 N–H and O–H groups in total. The minimum Gasteiger partial charge on any atom is -0.508 e. The molecule has 2 saturated heterocycles. The normalized spacial score (nSPS) is 22.8. The van der Waals surface area contributed by atoms with Crippen LogP contribution in [0, 0.1) is 5.92 Å². The van der Waals surface area contributed by atoms with Crippen LogP contribution in [0.2, 0.25) is 0 Å². The van der Waals surface area contributed by atoms with Crippen LogP contribution in [0.1, 0.15) is 46.5 Å². The maximum atomic E-state index is 13.4. The molecule has 200 valence electrons. The van der Waals surface area contributed by atoms with Crippen LogP contribution in [0.4, 0.5) is 0 Å². The number of carbonyl (C=O) groups is 5. The van der Waals surface area contributed by atoms with Crippen molar-refractivity contribution in [1.82, 2.24) is 20.9 Å². The molecule has 0 bridgehead atoms. The number of amides is 4. The smallest absolute Gasteiger partial charge is 0.335 e. The van der Waals surface area contributed by atoms with Crippen LogP contribution in [0.25, 0.3) is 0 Å². The summed E-state index contributed by atoms with van der Waals surface area (Å²) in [6.07, 6.45) is 0.0420. The number of likely N-dealkylation sites (tertiary alicyclic amines) is 1. The van der Waals surface area contributed by atoms with Crippen molar-refractivity contribution in [3.63, 3.8) is 0 Å². The number of aromatic hydroxyl groups is 1. The zero-order chi connectivity index (χ0) is 27.6. The number of rotatable bonds is 7. The Bertz CT molecular complexity index is 1260. The molecule has 2 aliphatic rings. The van der Waals surface area contributed by atoms with E-state index in [0.717, 1.165) is 0 Å². The molecule has 2 aliphatic heterocycles. The molecule has 11 nitrogen and oxygen atoms in total. The molecule has 11 heteroatoms. The summed E-state index contributed by atoms with van der Waals surface area (Å²) in [7, 11) is 0. The highest BCUT2D eigenvalue weighted by Gasteiger charge is 2.56. The Labute approximate surface area is 219 Å². The third kappa shape index (κ3) is 5.46. The van der Waals surface area contributed by atoms with E-state index < -0.39 is 47.2 Å². The number of phenols is 1. The lowest BCUT2D eigenvalue weighted by Gasteiger charge is -2.37. The Kier molecular flexibility index (Phi) is 7.38. The average Bonchev–Trinajstić information content (AvgIpc) is 3.26. The first kappa shape index (κ1) is 26.6. The molecule has 3 atom stereocenters. The van der Waals surface area contributed by atoms with Crippen LogP contribution < -0.4 is 16.0 Å². The molecular formula is C27H30N4O7. The Hall–Kier alpha value is -4.41. The lowest BCUT2D eigenvalue weighted by Crippen LogP contribution is -2.70. The quantitative estimate of drug-likeness (QED) is 0.357. The highest BCUT2D eigenvalue weighted by atomic mass is 16.4. The van der Waals surface area contributed by atoms with Crippen molar-refractivity contribution in [2.24, 2.45) is 5.92 Å². The van der Waals surface area contributed by atoms with Crippen LogP contribution in [0.15, 0.2) is 48.5 Å². The molecule has 1 spiro atoms. The SMILES string of the molecule is CC(C)CNC(=O)C1CC2(CN1C(=O)c1ccc(O)cc1)NC(=O)C(Cc1ccc(C(=O)O)cc1)NC2=O. The summed E-state index contributed by atoms with van der Waals surface area (Å²) in [5.74, 6) is -2.83. The lowest BCUT2D eigenvalue weighted by molar-refractivity contribution is -0.141. The van der Waals surface area contributed by atoms with Crippen molar-refractivity contribution in [1.29, 1.82) is 0 Å². The molecule has 4 rings (SSSR count). The van der Waals surface area contributed by atoms with Gasteiger partial charge in [0.05, 0.1) is 12.1 Å². The summed E-state index contributed by atoms with van der Waals surface area (Å²) in [5, 5.41) is 27.0. The number of carboxylic acids is 1. The Morgan fingerprint density at radius 2 is 1.68 bits per heavy atom. The summed E-state index contributed by atoms with van der Waals surface area (Å²) in [4.78, 5) is 65.4. The predicted octanol–water partition coefficient (Wildman–Crippen LogP) is 0.673. The van der Waals surface area contributed by atoms with Crippen molar-refractivity contribution in [3.8, 4) is 5.75 Å². The standard InChI is InChI=1S/C27H30N4O7/c1-15(2)13-28-23(34)21-12-27(14-31(21)24(35)17-7-9-19(32)10-8-17)26(38)29-20(22(33)30-27)11-16-3-5-18(6-4-16)25(36)37/h3-10,15,20-21,32H,11-14H2,1-2H3,(H,28,34)(H,29,38)(H,30,33)(H,36,37). The summed E-state index contributed by atoms with van der Waals surface area (Å²) >= 11 is 0. The number of nitrogens with one attached hydrogen (secondary N) is 3. The second-order valence-corrected chi connectivity index (χ2v) is 10.1.